The van der Waals surface area contributed by atoms with Gasteiger partial charge in [0.15, 0.2) is 0 Å². The highest BCUT2D eigenvalue weighted by atomic mass is 15.1. The summed E-state index contributed by atoms with van der Waals surface area (Å²) in [5.74, 6) is 0. The van der Waals surface area contributed by atoms with Gasteiger partial charge in [0, 0.05) is 24.5 Å². The Morgan fingerprint density at radius 2 is 2.38 bits per heavy atom. The molecule has 0 aromatic carbocycles. The van der Waals surface area contributed by atoms with Gasteiger partial charge in [0.05, 0.1) is 0 Å². The third-order valence-electron chi connectivity index (χ3n) is 3.37. The van der Waals surface area contributed by atoms with Crippen LogP contribution in [0.25, 0.3) is 0 Å². The van der Waals surface area contributed by atoms with Crippen molar-refractivity contribution in [2.75, 3.05) is 20.1 Å². The summed E-state index contributed by atoms with van der Waals surface area (Å²) in [5, 5.41) is 3.60. The first kappa shape index (κ1) is 11.7. The van der Waals surface area contributed by atoms with Crippen LogP contribution < -0.4 is 5.32 Å². The van der Waals surface area contributed by atoms with Crippen molar-refractivity contribution in [3.63, 3.8) is 0 Å². The SMILES string of the molecule is CN(CCC1CCCCN1)Cc1ccc[nH]1. The third-order valence-corrected chi connectivity index (χ3v) is 3.37. The Labute approximate surface area is 98.2 Å². The first-order chi connectivity index (χ1) is 7.84. The van der Waals surface area contributed by atoms with Gasteiger partial charge in [0.25, 0.3) is 0 Å². The summed E-state index contributed by atoms with van der Waals surface area (Å²) in [4.78, 5) is 5.64. The summed E-state index contributed by atoms with van der Waals surface area (Å²) >= 11 is 0. The van der Waals surface area contributed by atoms with Crippen LogP contribution in [0.15, 0.2) is 18.3 Å². The molecule has 90 valence electrons. The summed E-state index contributed by atoms with van der Waals surface area (Å²) in [5.41, 5.74) is 1.30. The van der Waals surface area contributed by atoms with Crippen molar-refractivity contribution in [1.29, 1.82) is 0 Å². The van der Waals surface area contributed by atoms with Crippen LogP contribution in [0.2, 0.25) is 0 Å². The standard InChI is InChI=1S/C13H23N3/c1-16(11-13-6-4-9-15-13)10-7-12-5-2-3-8-14-12/h4,6,9,12,14-15H,2-3,5,7-8,10-11H2,1H3. The molecule has 0 bridgehead atoms. The summed E-state index contributed by atoms with van der Waals surface area (Å²) in [6.45, 7) is 3.42. The lowest BCUT2D eigenvalue weighted by Gasteiger charge is -2.25. The minimum atomic E-state index is 0.750. The molecule has 1 aliphatic rings. The molecule has 0 amide bonds. The van der Waals surface area contributed by atoms with E-state index in [-0.39, 0.29) is 0 Å². The molecule has 0 saturated carbocycles. The molecule has 1 aliphatic heterocycles. The third kappa shape index (κ3) is 3.65. The van der Waals surface area contributed by atoms with Crippen LogP contribution in [0.1, 0.15) is 31.4 Å². The van der Waals surface area contributed by atoms with E-state index in [0.717, 1.165) is 12.6 Å². The predicted octanol–water partition coefficient (Wildman–Crippen LogP) is 1.98. The summed E-state index contributed by atoms with van der Waals surface area (Å²) in [6, 6.07) is 4.96. The van der Waals surface area contributed by atoms with E-state index in [2.05, 4.69) is 34.4 Å². The molecule has 1 saturated heterocycles. The van der Waals surface area contributed by atoms with Crippen LogP contribution in [0.3, 0.4) is 0 Å². The van der Waals surface area contributed by atoms with E-state index in [9.17, 15) is 0 Å². The highest BCUT2D eigenvalue weighted by Crippen LogP contribution is 2.11. The van der Waals surface area contributed by atoms with Gasteiger partial charge in [-0.3, -0.25) is 0 Å². The largest absolute Gasteiger partial charge is 0.364 e. The number of hydrogen-bond donors (Lipinski definition) is 2. The Morgan fingerprint density at radius 1 is 1.44 bits per heavy atom. The van der Waals surface area contributed by atoms with E-state index in [0.29, 0.717) is 0 Å². The van der Waals surface area contributed by atoms with Crippen LogP contribution in [0.5, 0.6) is 0 Å². The maximum Gasteiger partial charge on any atom is 0.0382 e. The first-order valence-corrected chi connectivity index (χ1v) is 6.39. The lowest BCUT2D eigenvalue weighted by Crippen LogP contribution is -2.36. The predicted molar refractivity (Wildman–Crippen MR) is 67.4 cm³/mol. The van der Waals surface area contributed by atoms with Crippen LogP contribution in [0.4, 0.5) is 0 Å². The molecule has 3 nitrogen and oxygen atoms in total. The molecule has 2 heterocycles. The number of piperidine rings is 1. The molecule has 2 rings (SSSR count). The molecular formula is C13H23N3. The quantitative estimate of drug-likeness (QED) is 0.796. The number of aromatic amines is 1. The van der Waals surface area contributed by atoms with Gasteiger partial charge in [-0.2, -0.15) is 0 Å². The van der Waals surface area contributed by atoms with E-state index in [1.165, 1.54) is 44.5 Å². The van der Waals surface area contributed by atoms with Crippen molar-refractivity contribution in [3.8, 4) is 0 Å². The van der Waals surface area contributed by atoms with Crippen molar-refractivity contribution >= 4 is 0 Å². The van der Waals surface area contributed by atoms with E-state index in [1.807, 2.05) is 6.20 Å². The Morgan fingerprint density at radius 3 is 3.06 bits per heavy atom. The molecule has 1 unspecified atom stereocenters. The van der Waals surface area contributed by atoms with Crippen molar-refractivity contribution in [2.24, 2.45) is 0 Å². The molecule has 0 radical (unpaired) electrons. The average Bonchev–Trinajstić information content (AvgIpc) is 2.81. The van der Waals surface area contributed by atoms with E-state index in [1.54, 1.807) is 0 Å². The maximum atomic E-state index is 3.60. The second-order valence-electron chi connectivity index (χ2n) is 4.87. The second kappa shape index (κ2) is 6.06. The van der Waals surface area contributed by atoms with E-state index < -0.39 is 0 Å². The fourth-order valence-electron chi connectivity index (χ4n) is 2.38. The number of aromatic nitrogens is 1. The Hall–Kier alpha value is -0.800. The van der Waals surface area contributed by atoms with Crippen molar-refractivity contribution < 1.29 is 0 Å². The maximum absolute atomic E-state index is 3.60. The smallest absolute Gasteiger partial charge is 0.0382 e. The summed E-state index contributed by atoms with van der Waals surface area (Å²) in [6.07, 6.45) is 7.38. The zero-order valence-corrected chi connectivity index (χ0v) is 10.2. The van der Waals surface area contributed by atoms with Gasteiger partial charge < -0.3 is 15.2 Å². The van der Waals surface area contributed by atoms with Gasteiger partial charge in [-0.1, -0.05) is 6.42 Å². The second-order valence-corrected chi connectivity index (χ2v) is 4.87. The zero-order valence-electron chi connectivity index (χ0n) is 10.2. The van der Waals surface area contributed by atoms with Crippen LogP contribution in [-0.2, 0) is 6.54 Å². The van der Waals surface area contributed by atoms with Crippen molar-refractivity contribution in [3.05, 3.63) is 24.0 Å². The molecule has 1 aromatic rings. The number of nitrogens with one attached hydrogen (secondary N) is 2. The lowest BCUT2D eigenvalue weighted by molar-refractivity contribution is 0.280. The fourth-order valence-corrected chi connectivity index (χ4v) is 2.38. The van der Waals surface area contributed by atoms with E-state index >= 15 is 0 Å². The summed E-state index contributed by atoms with van der Waals surface area (Å²) < 4.78 is 0. The number of hydrogen-bond acceptors (Lipinski definition) is 2. The van der Waals surface area contributed by atoms with Crippen LogP contribution in [0, 0.1) is 0 Å². The molecule has 3 heteroatoms. The molecular weight excluding hydrogens is 198 g/mol. The van der Waals surface area contributed by atoms with E-state index in [4.69, 9.17) is 0 Å². The van der Waals surface area contributed by atoms with Gasteiger partial charge in [0.1, 0.15) is 0 Å². The summed E-state index contributed by atoms with van der Waals surface area (Å²) in [7, 11) is 2.20. The monoisotopic (exact) mass is 221 g/mol. The van der Waals surface area contributed by atoms with Gasteiger partial charge in [0.2, 0.25) is 0 Å². The topological polar surface area (TPSA) is 31.1 Å². The van der Waals surface area contributed by atoms with Crippen LogP contribution in [-0.4, -0.2) is 36.1 Å². The zero-order chi connectivity index (χ0) is 11.2. The van der Waals surface area contributed by atoms with Gasteiger partial charge in [-0.15, -0.1) is 0 Å². The van der Waals surface area contributed by atoms with Gasteiger partial charge in [-0.25, -0.2) is 0 Å². The molecule has 0 spiro atoms. The lowest BCUT2D eigenvalue weighted by atomic mass is 10.0. The molecule has 0 aliphatic carbocycles. The minimum absolute atomic E-state index is 0.750. The molecule has 1 fully saturated rings. The Balaban J connectivity index is 1.65. The number of rotatable bonds is 5. The molecule has 16 heavy (non-hydrogen) atoms. The molecule has 1 atom stereocenters. The highest BCUT2D eigenvalue weighted by molar-refractivity contribution is 5.02. The van der Waals surface area contributed by atoms with Gasteiger partial charge >= 0.3 is 0 Å². The fraction of sp³-hybridized carbons (Fsp3) is 0.692. The highest BCUT2D eigenvalue weighted by Gasteiger charge is 2.12. The normalized spacial score (nSPS) is 21.5. The Kier molecular flexibility index (Phi) is 4.43. The van der Waals surface area contributed by atoms with Crippen LogP contribution >= 0.6 is 0 Å². The molecule has 2 N–H and O–H groups in total. The Bertz CT molecular complexity index is 275. The molecule has 1 aromatic heterocycles. The minimum Gasteiger partial charge on any atom is -0.364 e. The number of H-pyrrole nitrogens is 1. The number of nitrogens with zero attached hydrogens (tertiary/aromatic N) is 1. The van der Waals surface area contributed by atoms with Crippen molar-refractivity contribution in [2.45, 2.75) is 38.3 Å². The van der Waals surface area contributed by atoms with Crippen molar-refractivity contribution in [1.82, 2.24) is 15.2 Å². The average molecular weight is 221 g/mol. The van der Waals surface area contributed by atoms with Gasteiger partial charge in [-0.05, 0) is 51.5 Å². The first-order valence-electron chi connectivity index (χ1n) is 6.39.